The predicted octanol–water partition coefficient (Wildman–Crippen LogP) is 3.38. The number of nitrogens with one attached hydrogen (secondary N) is 1. The average molecular weight is 302 g/mol. The van der Waals surface area contributed by atoms with Crippen molar-refractivity contribution in [3.8, 4) is 0 Å². The Labute approximate surface area is 109 Å². The molecule has 88 valence electrons. The summed E-state index contributed by atoms with van der Waals surface area (Å²) in [7, 11) is 0. The summed E-state index contributed by atoms with van der Waals surface area (Å²) in [4.78, 5) is 11.7. The number of thioether (sulfide) groups is 1. The third-order valence-corrected chi connectivity index (χ3v) is 4.10. The lowest BCUT2D eigenvalue weighted by atomic mass is 10.1. The molecule has 2 nitrogen and oxygen atoms in total. The minimum atomic E-state index is -0.00932. The Morgan fingerprint density at radius 2 is 2.00 bits per heavy atom. The predicted molar refractivity (Wildman–Crippen MR) is 73.7 cm³/mol. The van der Waals surface area contributed by atoms with Gasteiger partial charge < -0.3 is 5.32 Å². The first-order chi connectivity index (χ1) is 7.56. The van der Waals surface area contributed by atoms with Crippen LogP contribution in [0.5, 0.6) is 0 Å². The molecule has 4 heteroatoms. The molecule has 1 N–H and O–H groups in total. The Hall–Kier alpha value is -0.480. The van der Waals surface area contributed by atoms with E-state index in [2.05, 4.69) is 21.2 Å². The number of amides is 1. The van der Waals surface area contributed by atoms with E-state index in [0.717, 1.165) is 10.0 Å². The first-order valence-electron chi connectivity index (χ1n) is 5.14. The molecule has 0 bridgehead atoms. The van der Waals surface area contributed by atoms with Crippen molar-refractivity contribution in [1.29, 1.82) is 0 Å². The first kappa shape index (κ1) is 13.6. The zero-order valence-corrected chi connectivity index (χ0v) is 12.1. The van der Waals surface area contributed by atoms with Crippen molar-refractivity contribution in [2.45, 2.75) is 25.1 Å². The fourth-order valence-electron chi connectivity index (χ4n) is 1.34. The number of halogens is 1. The molecule has 0 unspecified atom stereocenters. The number of carbonyl (C=O) groups excluding carboxylic acids is 1. The standard InChI is InChI=1S/C12H16BrNOS/c1-8(14-12(15)9(2)16-3)10-6-4-5-7-11(10)13/h4-9H,1-3H3,(H,14,15)/t8-,9+/m1/s1. The second-order valence-corrected chi connectivity index (χ2v) is 5.66. The highest BCUT2D eigenvalue weighted by atomic mass is 79.9. The molecule has 0 aliphatic rings. The maximum absolute atomic E-state index is 11.7. The molecule has 16 heavy (non-hydrogen) atoms. The Balaban J connectivity index is 2.69. The SMILES string of the molecule is CS[C@@H](C)C(=O)N[C@H](C)c1ccccc1Br. The van der Waals surface area contributed by atoms with Gasteiger partial charge in [-0.1, -0.05) is 34.1 Å². The molecule has 0 spiro atoms. The van der Waals surface area contributed by atoms with E-state index in [1.807, 2.05) is 44.4 Å². The molecule has 1 aromatic carbocycles. The van der Waals surface area contributed by atoms with Crippen LogP contribution in [0.4, 0.5) is 0 Å². The van der Waals surface area contributed by atoms with E-state index < -0.39 is 0 Å². The van der Waals surface area contributed by atoms with E-state index in [9.17, 15) is 4.79 Å². The van der Waals surface area contributed by atoms with Gasteiger partial charge in [0.05, 0.1) is 11.3 Å². The summed E-state index contributed by atoms with van der Waals surface area (Å²) in [6.07, 6.45) is 1.94. The second kappa shape index (κ2) is 6.30. The molecule has 0 fully saturated rings. The lowest BCUT2D eigenvalue weighted by molar-refractivity contribution is -0.120. The molecule has 1 amide bonds. The molecule has 1 aromatic rings. The Morgan fingerprint density at radius 3 is 2.56 bits per heavy atom. The molecule has 0 aromatic heterocycles. The summed E-state index contributed by atoms with van der Waals surface area (Å²) in [6, 6.07) is 7.96. The van der Waals surface area contributed by atoms with Gasteiger partial charge >= 0.3 is 0 Å². The van der Waals surface area contributed by atoms with Crippen molar-refractivity contribution >= 4 is 33.6 Å². The van der Waals surface area contributed by atoms with Crippen LogP contribution < -0.4 is 5.32 Å². The van der Waals surface area contributed by atoms with Crippen LogP contribution in [0.15, 0.2) is 28.7 Å². The molecular formula is C12H16BrNOS. The van der Waals surface area contributed by atoms with Gasteiger partial charge in [0.1, 0.15) is 0 Å². The highest BCUT2D eigenvalue weighted by Gasteiger charge is 2.16. The highest BCUT2D eigenvalue weighted by Crippen LogP contribution is 2.23. The van der Waals surface area contributed by atoms with Crippen molar-refractivity contribution < 1.29 is 4.79 Å². The normalized spacial score (nSPS) is 14.2. The fourth-order valence-corrected chi connectivity index (χ4v) is 2.25. The van der Waals surface area contributed by atoms with Gasteiger partial charge in [-0.15, -0.1) is 0 Å². The van der Waals surface area contributed by atoms with E-state index in [1.165, 1.54) is 0 Å². The Bertz CT molecular complexity index is 370. The Kier molecular flexibility index (Phi) is 5.35. The van der Waals surface area contributed by atoms with Crippen molar-refractivity contribution in [2.24, 2.45) is 0 Å². The van der Waals surface area contributed by atoms with Gasteiger partial charge in [-0.25, -0.2) is 0 Å². The van der Waals surface area contributed by atoms with Crippen molar-refractivity contribution in [2.75, 3.05) is 6.26 Å². The van der Waals surface area contributed by atoms with Crippen LogP contribution in [0.1, 0.15) is 25.5 Å². The molecule has 0 saturated heterocycles. The Morgan fingerprint density at radius 1 is 1.38 bits per heavy atom. The summed E-state index contributed by atoms with van der Waals surface area (Å²) in [5, 5.41) is 2.99. The van der Waals surface area contributed by atoms with Crippen LogP contribution in [-0.2, 0) is 4.79 Å². The number of carbonyl (C=O) groups is 1. The second-order valence-electron chi connectivity index (χ2n) is 3.63. The van der Waals surface area contributed by atoms with Crippen LogP contribution in [0.25, 0.3) is 0 Å². The van der Waals surface area contributed by atoms with Crippen LogP contribution in [0.3, 0.4) is 0 Å². The third kappa shape index (κ3) is 3.52. The third-order valence-electron chi connectivity index (χ3n) is 2.45. The van der Waals surface area contributed by atoms with E-state index in [4.69, 9.17) is 0 Å². The molecule has 2 atom stereocenters. The minimum Gasteiger partial charge on any atom is -0.349 e. The molecular weight excluding hydrogens is 286 g/mol. The van der Waals surface area contributed by atoms with Gasteiger partial charge in [-0.3, -0.25) is 4.79 Å². The average Bonchev–Trinajstić information content (AvgIpc) is 2.28. The van der Waals surface area contributed by atoms with Gasteiger partial charge in [-0.05, 0) is 31.7 Å². The molecule has 0 radical (unpaired) electrons. The zero-order chi connectivity index (χ0) is 12.1. The van der Waals surface area contributed by atoms with Gasteiger partial charge in [0.15, 0.2) is 0 Å². The lowest BCUT2D eigenvalue weighted by Crippen LogP contribution is -2.33. The maximum atomic E-state index is 11.7. The van der Waals surface area contributed by atoms with Crippen LogP contribution in [-0.4, -0.2) is 17.4 Å². The van der Waals surface area contributed by atoms with Gasteiger partial charge in [0.25, 0.3) is 0 Å². The van der Waals surface area contributed by atoms with Crippen LogP contribution in [0.2, 0.25) is 0 Å². The van der Waals surface area contributed by atoms with E-state index >= 15 is 0 Å². The molecule has 0 saturated carbocycles. The van der Waals surface area contributed by atoms with Crippen molar-refractivity contribution in [3.05, 3.63) is 34.3 Å². The highest BCUT2D eigenvalue weighted by molar-refractivity contribution is 9.10. The van der Waals surface area contributed by atoms with Crippen molar-refractivity contribution in [3.63, 3.8) is 0 Å². The summed E-state index contributed by atoms with van der Waals surface area (Å²) in [5.41, 5.74) is 1.10. The topological polar surface area (TPSA) is 29.1 Å². The number of rotatable bonds is 4. The number of hydrogen-bond acceptors (Lipinski definition) is 2. The van der Waals surface area contributed by atoms with Crippen molar-refractivity contribution in [1.82, 2.24) is 5.32 Å². The zero-order valence-electron chi connectivity index (χ0n) is 9.66. The van der Waals surface area contributed by atoms with Crippen LogP contribution in [0, 0.1) is 0 Å². The van der Waals surface area contributed by atoms with E-state index in [0.29, 0.717) is 0 Å². The summed E-state index contributed by atoms with van der Waals surface area (Å²) >= 11 is 5.03. The summed E-state index contributed by atoms with van der Waals surface area (Å²) < 4.78 is 1.03. The maximum Gasteiger partial charge on any atom is 0.233 e. The molecule has 0 heterocycles. The molecule has 1 rings (SSSR count). The summed E-state index contributed by atoms with van der Waals surface area (Å²) in [6.45, 7) is 3.90. The molecule has 0 aliphatic heterocycles. The quantitative estimate of drug-likeness (QED) is 0.924. The number of benzene rings is 1. The van der Waals surface area contributed by atoms with Gasteiger partial charge in [0.2, 0.25) is 5.91 Å². The van der Waals surface area contributed by atoms with Gasteiger partial charge in [-0.2, -0.15) is 11.8 Å². The minimum absolute atomic E-state index is 0.00932. The monoisotopic (exact) mass is 301 g/mol. The fraction of sp³-hybridized carbons (Fsp3) is 0.417. The number of hydrogen-bond donors (Lipinski definition) is 1. The molecule has 0 aliphatic carbocycles. The largest absolute Gasteiger partial charge is 0.349 e. The lowest BCUT2D eigenvalue weighted by Gasteiger charge is -2.17. The van der Waals surface area contributed by atoms with Gasteiger partial charge in [0, 0.05) is 4.47 Å². The smallest absolute Gasteiger partial charge is 0.233 e. The summed E-state index contributed by atoms with van der Waals surface area (Å²) in [5.74, 6) is 0.0794. The van der Waals surface area contributed by atoms with Crippen LogP contribution >= 0.6 is 27.7 Å². The first-order valence-corrected chi connectivity index (χ1v) is 7.22. The van der Waals surface area contributed by atoms with E-state index in [1.54, 1.807) is 11.8 Å². The van der Waals surface area contributed by atoms with E-state index in [-0.39, 0.29) is 17.2 Å².